The number of oxime groups is 1. The molecular formula is C11H14FNO2. The van der Waals surface area contributed by atoms with Gasteiger partial charge in [0.2, 0.25) is 0 Å². The number of nitrogens with zero attached hydrogens (tertiary/aromatic N) is 1. The molecule has 0 radical (unpaired) electrons. The number of phenols is 1. The van der Waals surface area contributed by atoms with E-state index in [4.69, 9.17) is 0 Å². The Balaban J connectivity index is 3.19. The second-order valence-corrected chi connectivity index (χ2v) is 3.51. The van der Waals surface area contributed by atoms with E-state index < -0.39 is 11.6 Å². The van der Waals surface area contributed by atoms with Crippen molar-refractivity contribution in [1.82, 2.24) is 0 Å². The maximum absolute atomic E-state index is 13.3. The molecule has 0 saturated carbocycles. The second kappa shape index (κ2) is 4.77. The molecule has 3 nitrogen and oxygen atoms in total. The predicted octanol–water partition coefficient (Wildman–Crippen LogP) is 2.64. The van der Waals surface area contributed by atoms with Crippen LogP contribution in [0.1, 0.15) is 30.9 Å². The van der Waals surface area contributed by atoms with Crippen LogP contribution in [-0.4, -0.2) is 18.4 Å². The van der Waals surface area contributed by atoms with Gasteiger partial charge in [0.05, 0.1) is 6.21 Å². The molecule has 0 saturated heterocycles. The van der Waals surface area contributed by atoms with Crippen molar-refractivity contribution in [3.63, 3.8) is 0 Å². The molecule has 0 atom stereocenters. The lowest BCUT2D eigenvalue weighted by Gasteiger charge is -2.08. The van der Waals surface area contributed by atoms with E-state index in [-0.39, 0.29) is 5.92 Å². The summed E-state index contributed by atoms with van der Waals surface area (Å²) in [6.07, 6.45) is 1.28. The summed E-state index contributed by atoms with van der Waals surface area (Å²) in [5.41, 5.74) is 1.13. The van der Waals surface area contributed by atoms with E-state index in [0.29, 0.717) is 5.56 Å². The number of rotatable bonds is 3. The minimum absolute atomic E-state index is 0.190. The fourth-order valence-corrected chi connectivity index (χ4v) is 1.18. The molecule has 1 N–H and O–H groups in total. The smallest absolute Gasteiger partial charge is 0.165 e. The molecule has 82 valence electrons. The van der Waals surface area contributed by atoms with Gasteiger partial charge in [-0.05, 0) is 23.6 Å². The molecule has 0 aliphatic rings. The topological polar surface area (TPSA) is 41.8 Å². The summed E-state index contributed by atoms with van der Waals surface area (Å²) in [6, 6.07) is 3.01. The first-order valence-electron chi connectivity index (χ1n) is 4.65. The van der Waals surface area contributed by atoms with Crippen LogP contribution >= 0.6 is 0 Å². The van der Waals surface area contributed by atoms with Crippen LogP contribution < -0.4 is 0 Å². The molecule has 1 rings (SSSR count). The zero-order valence-electron chi connectivity index (χ0n) is 8.99. The van der Waals surface area contributed by atoms with Crippen molar-refractivity contribution in [1.29, 1.82) is 0 Å². The molecule has 1 aromatic rings. The first kappa shape index (κ1) is 11.5. The Labute approximate surface area is 88.2 Å². The van der Waals surface area contributed by atoms with E-state index in [1.807, 2.05) is 13.8 Å². The molecule has 0 unspecified atom stereocenters. The second-order valence-electron chi connectivity index (χ2n) is 3.51. The standard InChI is InChI=1S/C11H14FNO2/c1-7(2)8-4-9(6-13-15-3)11(14)10(12)5-8/h4-7,14H,1-3H3/b13-6+. The first-order valence-corrected chi connectivity index (χ1v) is 4.65. The third kappa shape index (κ3) is 2.68. The largest absolute Gasteiger partial charge is 0.504 e. The highest BCUT2D eigenvalue weighted by Gasteiger charge is 2.10. The van der Waals surface area contributed by atoms with Crippen molar-refractivity contribution in [2.24, 2.45) is 5.16 Å². The molecule has 4 heteroatoms. The number of phenolic OH excluding ortho intramolecular Hbond substituents is 1. The zero-order chi connectivity index (χ0) is 11.4. The number of aromatic hydroxyl groups is 1. The van der Waals surface area contributed by atoms with E-state index in [1.165, 1.54) is 19.4 Å². The fourth-order valence-electron chi connectivity index (χ4n) is 1.18. The molecule has 0 fully saturated rings. The van der Waals surface area contributed by atoms with Gasteiger partial charge >= 0.3 is 0 Å². The first-order chi connectivity index (χ1) is 7.06. The molecule has 0 aromatic heterocycles. The summed E-state index contributed by atoms with van der Waals surface area (Å²) in [5.74, 6) is -0.853. The quantitative estimate of drug-likeness (QED) is 0.616. The zero-order valence-corrected chi connectivity index (χ0v) is 8.99. The summed E-state index contributed by atoms with van der Waals surface area (Å²) < 4.78 is 13.3. The van der Waals surface area contributed by atoms with E-state index >= 15 is 0 Å². The monoisotopic (exact) mass is 211 g/mol. The van der Waals surface area contributed by atoms with Gasteiger partial charge in [-0.2, -0.15) is 0 Å². The van der Waals surface area contributed by atoms with Gasteiger partial charge in [0.25, 0.3) is 0 Å². The summed E-state index contributed by atoms with van der Waals surface area (Å²) in [6.45, 7) is 3.89. The lowest BCUT2D eigenvalue weighted by atomic mass is 10.0. The normalized spacial score (nSPS) is 11.3. The van der Waals surface area contributed by atoms with Gasteiger partial charge in [-0.1, -0.05) is 19.0 Å². The summed E-state index contributed by atoms with van der Waals surface area (Å²) in [4.78, 5) is 4.48. The number of hydrogen-bond acceptors (Lipinski definition) is 3. The highest BCUT2D eigenvalue weighted by Crippen LogP contribution is 2.25. The fraction of sp³-hybridized carbons (Fsp3) is 0.364. The number of hydrogen-bond donors (Lipinski definition) is 1. The Morgan fingerprint density at radius 2 is 2.13 bits per heavy atom. The van der Waals surface area contributed by atoms with Crippen molar-refractivity contribution in [3.8, 4) is 5.75 Å². The van der Waals surface area contributed by atoms with E-state index in [0.717, 1.165) is 5.56 Å². The molecule has 0 aliphatic carbocycles. The third-order valence-corrected chi connectivity index (χ3v) is 2.08. The van der Waals surface area contributed by atoms with Crippen molar-refractivity contribution in [2.75, 3.05) is 7.11 Å². The van der Waals surface area contributed by atoms with Gasteiger partial charge < -0.3 is 9.94 Å². The average molecular weight is 211 g/mol. The third-order valence-electron chi connectivity index (χ3n) is 2.08. The molecule has 0 aliphatic heterocycles. The highest BCUT2D eigenvalue weighted by molar-refractivity contribution is 5.83. The van der Waals surface area contributed by atoms with Gasteiger partial charge in [-0.3, -0.25) is 0 Å². The SMILES string of the molecule is CO/N=C/c1cc(C(C)C)cc(F)c1O. The lowest BCUT2D eigenvalue weighted by molar-refractivity contribution is 0.215. The summed E-state index contributed by atoms with van der Waals surface area (Å²) in [5, 5.41) is 12.9. The molecule has 1 aromatic carbocycles. The van der Waals surface area contributed by atoms with Crippen LogP contribution in [-0.2, 0) is 4.84 Å². The van der Waals surface area contributed by atoms with Crippen LogP contribution in [0.2, 0.25) is 0 Å². The van der Waals surface area contributed by atoms with Crippen LogP contribution in [0.15, 0.2) is 17.3 Å². The van der Waals surface area contributed by atoms with Gasteiger partial charge in [0.1, 0.15) is 7.11 Å². The Morgan fingerprint density at radius 1 is 1.47 bits per heavy atom. The summed E-state index contributed by atoms with van der Waals surface area (Å²) >= 11 is 0. The van der Waals surface area contributed by atoms with Gasteiger partial charge in [0.15, 0.2) is 11.6 Å². The van der Waals surface area contributed by atoms with E-state index in [9.17, 15) is 9.50 Å². The van der Waals surface area contributed by atoms with Crippen molar-refractivity contribution in [3.05, 3.63) is 29.1 Å². The average Bonchev–Trinajstić information content (AvgIpc) is 2.19. The number of benzene rings is 1. The Bertz CT molecular complexity index is 375. The van der Waals surface area contributed by atoms with Gasteiger partial charge in [0, 0.05) is 5.56 Å². The van der Waals surface area contributed by atoms with E-state index in [2.05, 4.69) is 9.99 Å². The Hall–Kier alpha value is -1.58. The van der Waals surface area contributed by atoms with Crippen molar-refractivity contribution >= 4 is 6.21 Å². The molecular weight excluding hydrogens is 197 g/mol. The van der Waals surface area contributed by atoms with Crippen LogP contribution in [0.5, 0.6) is 5.75 Å². The Kier molecular flexibility index (Phi) is 3.66. The number of halogens is 1. The molecule has 0 amide bonds. The Morgan fingerprint density at radius 3 is 2.67 bits per heavy atom. The van der Waals surface area contributed by atoms with Crippen molar-refractivity contribution in [2.45, 2.75) is 19.8 Å². The van der Waals surface area contributed by atoms with Crippen LogP contribution in [0.4, 0.5) is 4.39 Å². The van der Waals surface area contributed by atoms with E-state index in [1.54, 1.807) is 6.07 Å². The predicted molar refractivity (Wildman–Crippen MR) is 56.8 cm³/mol. The summed E-state index contributed by atoms with van der Waals surface area (Å²) in [7, 11) is 1.39. The maximum atomic E-state index is 13.3. The molecule has 0 bridgehead atoms. The minimum Gasteiger partial charge on any atom is -0.504 e. The molecule has 0 heterocycles. The van der Waals surface area contributed by atoms with Crippen LogP contribution in [0.25, 0.3) is 0 Å². The molecule has 0 spiro atoms. The van der Waals surface area contributed by atoms with Crippen molar-refractivity contribution < 1.29 is 14.3 Å². The highest BCUT2D eigenvalue weighted by atomic mass is 19.1. The van der Waals surface area contributed by atoms with Gasteiger partial charge in [-0.25, -0.2) is 4.39 Å². The van der Waals surface area contributed by atoms with Gasteiger partial charge in [-0.15, -0.1) is 0 Å². The lowest BCUT2D eigenvalue weighted by Crippen LogP contribution is -1.94. The molecule has 15 heavy (non-hydrogen) atoms. The van der Waals surface area contributed by atoms with Crippen LogP contribution in [0.3, 0.4) is 0 Å². The van der Waals surface area contributed by atoms with Crippen LogP contribution in [0, 0.1) is 5.82 Å². The maximum Gasteiger partial charge on any atom is 0.165 e. The minimum atomic E-state index is -0.640.